The van der Waals surface area contributed by atoms with Crippen LogP contribution in [0.2, 0.25) is 0 Å². The maximum absolute atomic E-state index is 11.9. The summed E-state index contributed by atoms with van der Waals surface area (Å²) in [5.41, 5.74) is 2.37. The van der Waals surface area contributed by atoms with Gasteiger partial charge in [-0.15, -0.1) is 0 Å². The second-order valence-electron chi connectivity index (χ2n) is 6.73. The van der Waals surface area contributed by atoms with E-state index in [2.05, 4.69) is 11.4 Å². The lowest BCUT2D eigenvalue weighted by atomic mass is 10.0. The van der Waals surface area contributed by atoms with E-state index in [1.165, 1.54) is 17.7 Å². The Hall–Kier alpha value is -2.65. The predicted octanol–water partition coefficient (Wildman–Crippen LogP) is 2.63. The quantitative estimate of drug-likeness (QED) is 0.598. The summed E-state index contributed by atoms with van der Waals surface area (Å²) < 4.78 is 23.8. The fourth-order valence-electron chi connectivity index (χ4n) is 3.34. The molecule has 144 valence electrons. The SMILES string of the molecule is Cc1cccc(NC2CCN(c3ccc([N+](=O)[O-])cc3S(N)(=O)=O)CC2)c1. The summed E-state index contributed by atoms with van der Waals surface area (Å²) >= 11 is 0. The second-order valence-corrected chi connectivity index (χ2v) is 8.26. The third-order valence-electron chi connectivity index (χ3n) is 4.69. The molecular weight excluding hydrogens is 368 g/mol. The van der Waals surface area contributed by atoms with Crippen LogP contribution in [0.3, 0.4) is 0 Å². The molecule has 3 rings (SSSR count). The number of piperidine rings is 1. The Labute approximate surface area is 158 Å². The molecule has 0 radical (unpaired) electrons. The molecule has 0 saturated carbocycles. The summed E-state index contributed by atoms with van der Waals surface area (Å²) in [7, 11) is -4.07. The Balaban J connectivity index is 1.75. The minimum atomic E-state index is -4.07. The highest BCUT2D eigenvalue weighted by atomic mass is 32.2. The molecule has 1 heterocycles. The van der Waals surface area contributed by atoms with Crippen LogP contribution in [0.4, 0.5) is 17.1 Å². The molecule has 0 unspecified atom stereocenters. The molecule has 0 bridgehead atoms. The average Bonchev–Trinajstić information content (AvgIpc) is 2.61. The molecule has 27 heavy (non-hydrogen) atoms. The molecule has 0 amide bonds. The van der Waals surface area contributed by atoms with Crippen molar-refractivity contribution in [3.63, 3.8) is 0 Å². The van der Waals surface area contributed by atoms with Gasteiger partial charge in [-0.25, -0.2) is 13.6 Å². The van der Waals surface area contributed by atoms with Crippen molar-refractivity contribution in [2.75, 3.05) is 23.3 Å². The number of sulfonamides is 1. The fraction of sp³-hybridized carbons (Fsp3) is 0.333. The lowest BCUT2D eigenvalue weighted by molar-refractivity contribution is -0.385. The highest BCUT2D eigenvalue weighted by molar-refractivity contribution is 7.89. The number of hydrogen-bond acceptors (Lipinski definition) is 6. The number of nitrogens with zero attached hydrogens (tertiary/aromatic N) is 2. The van der Waals surface area contributed by atoms with E-state index in [9.17, 15) is 18.5 Å². The van der Waals surface area contributed by atoms with E-state index in [-0.39, 0.29) is 16.6 Å². The lowest BCUT2D eigenvalue weighted by Gasteiger charge is -2.35. The average molecular weight is 390 g/mol. The van der Waals surface area contributed by atoms with Gasteiger partial charge < -0.3 is 10.2 Å². The van der Waals surface area contributed by atoms with E-state index in [0.717, 1.165) is 24.6 Å². The summed E-state index contributed by atoms with van der Waals surface area (Å²) in [5.74, 6) is 0. The number of non-ortho nitro benzene ring substituents is 1. The minimum Gasteiger partial charge on any atom is -0.382 e. The number of benzene rings is 2. The van der Waals surface area contributed by atoms with E-state index in [0.29, 0.717) is 18.8 Å². The maximum Gasteiger partial charge on any atom is 0.270 e. The van der Waals surface area contributed by atoms with Crippen molar-refractivity contribution in [2.24, 2.45) is 5.14 Å². The number of primary sulfonamides is 1. The molecule has 1 saturated heterocycles. The first-order valence-electron chi connectivity index (χ1n) is 8.63. The number of nitrogens with two attached hydrogens (primary N) is 1. The van der Waals surface area contributed by atoms with Crippen LogP contribution in [0, 0.1) is 17.0 Å². The number of nitrogens with one attached hydrogen (secondary N) is 1. The van der Waals surface area contributed by atoms with Crippen LogP contribution in [0.15, 0.2) is 47.4 Å². The number of nitro benzene ring substituents is 1. The van der Waals surface area contributed by atoms with E-state index in [1.54, 1.807) is 0 Å². The van der Waals surface area contributed by atoms with Crippen molar-refractivity contribution in [2.45, 2.75) is 30.7 Å². The Bertz CT molecular complexity index is 954. The van der Waals surface area contributed by atoms with Crippen molar-refractivity contribution < 1.29 is 13.3 Å². The molecule has 1 aliphatic rings. The summed E-state index contributed by atoms with van der Waals surface area (Å²) in [5, 5.41) is 19.7. The third kappa shape index (κ3) is 4.55. The van der Waals surface area contributed by atoms with Crippen molar-refractivity contribution in [3.8, 4) is 0 Å². The lowest BCUT2D eigenvalue weighted by Crippen LogP contribution is -2.40. The monoisotopic (exact) mass is 390 g/mol. The van der Waals surface area contributed by atoms with Crippen LogP contribution in [0.25, 0.3) is 0 Å². The predicted molar refractivity (Wildman–Crippen MR) is 105 cm³/mol. The van der Waals surface area contributed by atoms with Gasteiger partial charge in [-0.05, 0) is 43.5 Å². The topological polar surface area (TPSA) is 119 Å². The summed E-state index contributed by atoms with van der Waals surface area (Å²) in [4.78, 5) is 12.0. The molecule has 1 aliphatic heterocycles. The molecule has 9 heteroatoms. The van der Waals surface area contributed by atoms with Crippen LogP contribution in [0.5, 0.6) is 0 Å². The molecule has 0 atom stereocenters. The molecule has 0 aromatic heterocycles. The van der Waals surface area contributed by atoms with Crippen molar-refractivity contribution >= 4 is 27.1 Å². The highest BCUT2D eigenvalue weighted by Crippen LogP contribution is 2.31. The van der Waals surface area contributed by atoms with E-state index >= 15 is 0 Å². The standard InChI is InChI=1S/C18H22N4O4S/c1-13-3-2-4-15(11-13)20-14-7-9-21(10-8-14)17-6-5-16(22(23)24)12-18(17)27(19,25)26/h2-6,11-12,14,20H,7-10H2,1H3,(H2,19,25,26). The molecule has 0 spiro atoms. The molecule has 8 nitrogen and oxygen atoms in total. The van der Waals surface area contributed by atoms with Gasteiger partial charge in [0.15, 0.2) is 0 Å². The third-order valence-corrected chi connectivity index (χ3v) is 5.63. The summed E-state index contributed by atoms with van der Waals surface area (Å²) in [6.07, 6.45) is 1.63. The first-order chi connectivity index (χ1) is 12.7. The van der Waals surface area contributed by atoms with Crippen LogP contribution in [-0.4, -0.2) is 32.5 Å². The van der Waals surface area contributed by atoms with Gasteiger partial charge in [0.2, 0.25) is 10.0 Å². The number of anilines is 2. The maximum atomic E-state index is 11.9. The fourth-order valence-corrected chi connectivity index (χ4v) is 4.11. The normalized spacial score (nSPS) is 15.6. The minimum absolute atomic E-state index is 0.207. The van der Waals surface area contributed by atoms with Gasteiger partial charge >= 0.3 is 0 Å². The Morgan fingerprint density at radius 2 is 1.89 bits per heavy atom. The van der Waals surface area contributed by atoms with Crippen LogP contribution < -0.4 is 15.4 Å². The molecule has 3 N–H and O–H groups in total. The van der Waals surface area contributed by atoms with Gasteiger partial charge in [-0.3, -0.25) is 10.1 Å². The number of aryl methyl sites for hydroxylation is 1. The van der Waals surface area contributed by atoms with E-state index in [1.807, 2.05) is 30.0 Å². The molecule has 2 aromatic rings. The van der Waals surface area contributed by atoms with E-state index < -0.39 is 14.9 Å². The first-order valence-corrected chi connectivity index (χ1v) is 10.2. The number of hydrogen-bond donors (Lipinski definition) is 2. The first kappa shape index (κ1) is 19.1. The molecular formula is C18H22N4O4S. The zero-order chi connectivity index (χ0) is 19.6. The van der Waals surface area contributed by atoms with Crippen LogP contribution in [0.1, 0.15) is 18.4 Å². The van der Waals surface area contributed by atoms with Crippen LogP contribution in [-0.2, 0) is 10.0 Å². The zero-order valence-electron chi connectivity index (χ0n) is 15.0. The summed E-state index contributed by atoms with van der Waals surface area (Å²) in [6, 6.07) is 12.2. The number of nitro groups is 1. The Morgan fingerprint density at radius 1 is 1.19 bits per heavy atom. The smallest absolute Gasteiger partial charge is 0.270 e. The van der Waals surface area contributed by atoms with Crippen molar-refractivity contribution in [3.05, 3.63) is 58.1 Å². The van der Waals surface area contributed by atoms with Gasteiger partial charge in [-0.2, -0.15) is 0 Å². The largest absolute Gasteiger partial charge is 0.382 e. The number of rotatable bonds is 5. The van der Waals surface area contributed by atoms with Gasteiger partial charge in [0.1, 0.15) is 4.90 Å². The molecule has 1 fully saturated rings. The zero-order valence-corrected chi connectivity index (χ0v) is 15.8. The van der Waals surface area contributed by atoms with Gasteiger partial charge in [0, 0.05) is 37.0 Å². The molecule has 0 aliphatic carbocycles. The molecule has 2 aromatic carbocycles. The van der Waals surface area contributed by atoms with Gasteiger partial charge in [0.25, 0.3) is 5.69 Å². The van der Waals surface area contributed by atoms with Crippen molar-refractivity contribution in [1.82, 2.24) is 0 Å². The van der Waals surface area contributed by atoms with Crippen LogP contribution >= 0.6 is 0 Å². The van der Waals surface area contributed by atoms with E-state index in [4.69, 9.17) is 5.14 Å². The Kier molecular flexibility index (Phi) is 5.33. The van der Waals surface area contributed by atoms with Gasteiger partial charge in [-0.1, -0.05) is 12.1 Å². The second kappa shape index (κ2) is 7.53. The van der Waals surface area contributed by atoms with Crippen molar-refractivity contribution in [1.29, 1.82) is 0 Å². The Morgan fingerprint density at radius 3 is 2.48 bits per heavy atom. The highest BCUT2D eigenvalue weighted by Gasteiger charge is 2.26. The summed E-state index contributed by atoms with van der Waals surface area (Å²) in [6.45, 7) is 3.30. The van der Waals surface area contributed by atoms with Gasteiger partial charge in [0.05, 0.1) is 10.6 Å².